The molecule has 4 heterocycles. The van der Waals surface area contributed by atoms with E-state index in [1.54, 1.807) is 13.8 Å². The molecule has 6 rings (SSSR count). The van der Waals surface area contributed by atoms with Crippen molar-refractivity contribution >= 4 is 29.1 Å². The number of aromatic nitrogens is 4. The second kappa shape index (κ2) is 18.9. The van der Waals surface area contributed by atoms with Gasteiger partial charge in [0, 0.05) is 91.9 Å². The highest BCUT2D eigenvalue weighted by Crippen LogP contribution is 2.41. The van der Waals surface area contributed by atoms with Gasteiger partial charge in [-0.2, -0.15) is 10.2 Å². The molecule has 0 unspecified atom stereocenters. The molecule has 4 atom stereocenters. The van der Waals surface area contributed by atoms with E-state index in [0.29, 0.717) is 12.5 Å². The van der Waals surface area contributed by atoms with Crippen LogP contribution < -0.4 is 31.1 Å². The molecule has 13 nitrogen and oxygen atoms in total. The predicted molar refractivity (Wildman–Crippen MR) is 224 cm³/mol. The van der Waals surface area contributed by atoms with Crippen molar-refractivity contribution in [3.05, 3.63) is 72.3 Å². The highest BCUT2D eigenvalue weighted by molar-refractivity contribution is 5.95. The Kier molecular flexibility index (Phi) is 14.2. The normalized spacial score (nSPS) is 19.0. The fraction of sp³-hybridized carbons (Fsp3) is 0.512. The van der Waals surface area contributed by atoms with Crippen LogP contribution in [0.5, 0.6) is 0 Å². The molecule has 2 aromatic carbocycles. The molecule has 0 aliphatic carbocycles. The summed E-state index contributed by atoms with van der Waals surface area (Å²) in [7, 11) is 3.86. The van der Waals surface area contributed by atoms with Gasteiger partial charge in [-0.05, 0) is 87.3 Å². The van der Waals surface area contributed by atoms with Crippen LogP contribution in [-0.4, -0.2) is 82.6 Å². The minimum Gasteiger partial charge on any atom is -0.349 e. The highest BCUT2D eigenvalue weighted by Gasteiger charge is 2.35. The Bertz CT molecular complexity index is 1970. The molecule has 0 saturated heterocycles. The van der Waals surface area contributed by atoms with Crippen molar-refractivity contribution in [2.45, 2.75) is 112 Å². The molecule has 302 valence electrons. The molecule has 2 aliphatic rings. The molecule has 2 aliphatic heterocycles. The first-order chi connectivity index (χ1) is 26.7. The Morgan fingerprint density at radius 1 is 0.696 bits per heavy atom. The molecule has 0 spiro atoms. The van der Waals surface area contributed by atoms with E-state index in [4.69, 9.17) is 0 Å². The van der Waals surface area contributed by atoms with E-state index in [-0.39, 0.29) is 47.8 Å². The van der Waals surface area contributed by atoms with Crippen molar-refractivity contribution in [2.24, 2.45) is 5.92 Å². The molecule has 0 saturated carbocycles. The molecule has 0 bridgehead atoms. The maximum atomic E-state index is 12.4. The number of nitrogens with zero attached hydrogens (tertiary/aromatic N) is 6. The van der Waals surface area contributed by atoms with Crippen LogP contribution in [-0.2, 0) is 27.5 Å². The number of hydrogen-bond acceptors (Lipinski definition) is 8. The second-order valence-corrected chi connectivity index (χ2v) is 15.8. The summed E-state index contributed by atoms with van der Waals surface area (Å²) >= 11 is 0. The van der Waals surface area contributed by atoms with E-state index < -0.39 is 0 Å². The summed E-state index contributed by atoms with van der Waals surface area (Å²) in [5.74, 6) is 0.0438. The summed E-state index contributed by atoms with van der Waals surface area (Å²) in [6.45, 7) is 18.9. The molecular formula is C43H62N10O3. The second-order valence-electron chi connectivity index (χ2n) is 15.8. The van der Waals surface area contributed by atoms with Crippen LogP contribution in [0, 0.1) is 5.92 Å². The van der Waals surface area contributed by atoms with Crippen molar-refractivity contribution in [3.8, 4) is 22.3 Å². The molecule has 4 aromatic rings. The highest BCUT2D eigenvalue weighted by atomic mass is 16.2. The quantitative estimate of drug-likeness (QED) is 0.144. The molecule has 4 N–H and O–H groups in total. The van der Waals surface area contributed by atoms with E-state index in [1.165, 1.54) is 5.56 Å². The zero-order valence-corrected chi connectivity index (χ0v) is 34.9. The molecule has 56 heavy (non-hydrogen) atoms. The minimum atomic E-state index is -0.121. The predicted octanol–water partition coefficient (Wildman–Crippen LogP) is 5.68. The topological polar surface area (TPSA) is 141 Å². The van der Waals surface area contributed by atoms with Crippen LogP contribution in [0.2, 0.25) is 0 Å². The molecule has 2 aromatic heterocycles. The van der Waals surface area contributed by atoms with Crippen molar-refractivity contribution in [2.75, 3.05) is 37.0 Å². The Labute approximate surface area is 332 Å². The van der Waals surface area contributed by atoms with Gasteiger partial charge in [-0.1, -0.05) is 39.8 Å². The summed E-state index contributed by atoms with van der Waals surface area (Å²) in [5, 5.41) is 22.0. The first kappa shape index (κ1) is 42.3. The number of benzene rings is 2. The fourth-order valence-electron chi connectivity index (χ4n) is 7.80. The molecule has 3 amide bonds. The van der Waals surface area contributed by atoms with Crippen molar-refractivity contribution in [1.82, 2.24) is 40.8 Å². The molecule has 13 heteroatoms. The van der Waals surface area contributed by atoms with Crippen LogP contribution in [0.15, 0.2) is 61.2 Å². The van der Waals surface area contributed by atoms with E-state index in [0.717, 1.165) is 71.8 Å². The number of hydrogen-bond donors (Lipinski definition) is 4. The molecule has 0 fully saturated rings. The van der Waals surface area contributed by atoms with Gasteiger partial charge in [0.15, 0.2) is 0 Å². The summed E-state index contributed by atoms with van der Waals surface area (Å²) in [4.78, 5) is 40.7. The third-order valence-electron chi connectivity index (χ3n) is 10.5. The van der Waals surface area contributed by atoms with Gasteiger partial charge < -0.3 is 31.1 Å². The monoisotopic (exact) mass is 767 g/mol. The molecular weight excluding hydrogens is 705 g/mol. The Hall–Kier alpha value is -4.85. The Morgan fingerprint density at radius 3 is 1.55 bits per heavy atom. The number of carbonyl (C=O) groups is 3. The lowest BCUT2D eigenvalue weighted by Crippen LogP contribution is -2.46. The number of amides is 3. The van der Waals surface area contributed by atoms with E-state index >= 15 is 0 Å². The van der Waals surface area contributed by atoms with Crippen LogP contribution in [0.3, 0.4) is 0 Å². The maximum absolute atomic E-state index is 12.4. The van der Waals surface area contributed by atoms with E-state index in [1.807, 2.05) is 84.8 Å². The first-order valence-electron chi connectivity index (χ1n) is 20.0. The number of carbonyl (C=O) groups excluding carboxylic acids is 3. The van der Waals surface area contributed by atoms with Crippen molar-refractivity contribution in [3.63, 3.8) is 0 Å². The minimum absolute atomic E-state index is 0.0139. The van der Waals surface area contributed by atoms with Crippen LogP contribution in [0.4, 0.5) is 11.4 Å². The Balaban J connectivity index is 0.000000215. The standard InChI is InChI=1S/C22H31N5O2.C21H31N5O/c1-14(2)22(29)25-20-10-15(3)27(16(4)28)21-7-6-17(11-19(20)21)18-12-24-26(13-18)9-8-23-5;1-14(2)24-20-10-15(3)26(16(4)27)21-7-6-17(11-19(20)21)18-12-23-25(13-18)9-8-22-5/h6-7,11-15,20,23H,8-10H2,1-5H3,(H,25,29);6-7,11-15,20,22,24H,8-10H2,1-5H3/t2*15-,20+/m00/s1. The fourth-order valence-corrected chi connectivity index (χ4v) is 7.80. The van der Waals surface area contributed by atoms with Crippen molar-refractivity contribution < 1.29 is 14.4 Å². The average molecular weight is 767 g/mol. The summed E-state index contributed by atoms with van der Waals surface area (Å²) < 4.78 is 3.87. The van der Waals surface area contributed by atoms with Crippen molar-refractivity contribution in [1.29, 1.82) is 0 Å². The number of fused-ring (bicyclic) bond motifs is 2. The van der Waals surface area contributed by atoms with Gasteiger partial charge in [0.05, 0.1) is 31.5 Å². The third-order valence-corrected chi connectivity index (χ3v) is 10.5. The third kappa shape index (κ3) is 9.93. The zero-order valence-electron chi connectivity index (χ0n) is 34.9. The van der Waals surface area contributed by atoms with Crippen LogP contribution in [0.1, 0.15) is 91.4 Å². The van der Waals surface area contributed by atoms with Crippen LogP contribution in [0.25, 0.3) is 22.3 Å². The Morgan fingerprint density at radius 2 is 1.14 bits per heavy atom. The van der Waals surface area contributed by atoms with E-state index in [9.17, 15) is 14.4 Å². The first-order valence-corrected chi connectivity index (χ1v) is 20.0. The number of rotatable bonds is 12. The van der Waals surface area contributed by atoms with Gasteiger partial charge in [-0.25, -0.2) is 0 Å². The SMILES string of the molecule is CNCCn1cc(-c2ccc3c(c2)[C@H](NC(=O)C(C)C)C[C@H](C)N3C(C)=O)cn1.CNCCn1cc(-c2ccc3c(c2)[C@H](NC(C)C)C[C@H](C)N3C(C)=O)cn1. The van der Waals surface area contributed by atoms with Gasteiger partial charge in [0.2, 0.25) is 17.7 Å². The summed E-state index contributed by atoms with van der Waals surface area (Å²) in [6.07, 6.45) is 9.47. The lowest BCUT2D eigenvalue weighted by atomic mass is 9.89. The number of anilines is 2. The number of nitrogens with one attached hydrogen (secondary N) is 4. The van der Waals surface area contributed by atoms with Gasteiger partial charge in [-0.15, -0.1) is 0 Å². The maximum Gasteiger partial charge on any atom is 0.224 e. The average Bonchev–Trinajstić information content (AvgIpc) is 3.83. The zero-order chi connectivity index (χ0) is 40.7. The van der Waals surface area contributed by atoms with E-state index in [2.05, 4.69) is 82.7 Å². The lowest BCUT2D eigenvalue weighted by molar-refractivity contribution is -0.124. The number of likely N-dealkylation sites (N-methyl/N-ethyl adjacent to an activating group) is 2. The largest absolute Gasteiger partial charge is 0.349 e. The molecule has 0 radical (unpaired) electrons. The van der Waals surface area contributed by atoms with Gasteiger partial charge >= 0.3 is 0 Å². The van der Waals surface area contributed by atoms with Gasteiger partial charge in [-0.3, -0.25) is 23.7 Å². The smallest absolute Gasteiger partial charge is 0.224 e. The van der Waals surface area contributed by atoms with Gasteiger partial charge in [0.1, 0.15) is 0 Å². The summed E-state index contributed by atoms with van der Waals surface area (Å²) in [6, 6.07) is 13.2. The summed E-state index contributed by atoms with van der Waals surface area (Å²) in [5.41, 5.74) is 8.35. The van der Waals surface area contributed by atoms with Gasteiger partial charge in [0.25, 0.3) is 0 Å². The lowest BCUT2D eigenvalue weighted by Gasteiger charge is -2.40. The van der Waals surface area contributed by atoms with Crippen LogP contribution >= 0.6 is 0 Å².